The van der Waals surface area contributed by atoms with Crippen molar-refractivity contribution in [3.63, 3.8) is 0 Å². The molecule has 0 amide bonds. The summed E-state index contributed by atoms with van der Waals surface area (Å²) in [5, 5.41) is 17.0. The predicted octanol–water partition coefficient (Wildman–Crippen LogP) is 1.31. The number of aliphatic hydroxyl groups is 1. The van der Waals surface area contributed by atoms with Gasteiger partial charge in [0.2, 0.25) is 0 Å². The van der Waals surface area contributed by atoms with E-state index in [0.29, 0.717) is 12.3 Å². The van der Waals surface area contributed by atoms with Gasteiger partial charge in [-0.25, -0.2) is 0 Å². The molecule has 0 aliphatic heterocycles. The maximum atomic E-state index is 8.80. The molecule has 0 aromatic rings. The van der Waals surface area contributed by atoms with E-state index in [2.05, 4.69) is 6.92 Å². The number of nitriles is 1. The summed E-state index contributed by atoms with van der Waals surface area (Å²) in [6, 6.07) is 1.79. The average molecular weight is 127 g/mol. The summed E-state index contributed by atoms with van der Waals surface area (Å²) in [6.45, 7) is 4.08. The lowest BCUT2D eigenvalue weighted by atomic mass is 10.0. The predicted molar refractivity (Wildman–Crippen MR) is 35.7 cm³/mol. The second kappa shape index (κ2) is 4.34. The molecule has 52 valence electrons. The Kier molecular flexibility index (Phi) is 4.08. The van der Waals surface area contributed by atoms with Gasteiger partial charge in [-0.05, 0) is 12.3 Å². The van der Waals surface area contributed by atoms with Gasteiger partial charge in [0.25, 0.3) is 0 Å². The van der Waals surface area contributed by atoms with Crippen LogP contribution in [0.5, 0.6) is 0 Å². The molecule has 2 nitrogen and oxygen atoms in total. The smallest absolute Gasteiger partial charge is 0.140 e. The van der Waals surface area contributed by atoms with Crippen molar-refractivity contribution >= 4 is 0 Å². The van der Waals surface area contributed by atoms with E-state index < -0.39 is 6.10 Å². The highest BCUT2D eigenvalue weighted by molar-refractivity contribution is 4.82. The number of aliphatic hydroxyl groups excluding tert-OH is 1. The largest absolute Gasteiger partial charge is 0.378 e. The minimum atomic E-state index is -0.764. The van der Waals surface area contributed by atoms with Gasteiger partial charge in [-0.2, -0.15) is 5.26 Å². The van der Waals surface area contributed by atoms with Crippen molar-refractivity contribution in [2.24, 2.45) is 5.92 Å². The van der Waals surface area contributed by atoms with Crippen LogP contribution in [0.25, 0.3) is 0 Å². The molecule has 2 heteroatoms. The molecule has 0 aliphatic carbocycles. The number of rotatable bonds is 3. The maximum Gasteiger partial charge on any atom is 0.140 e. The lowest BCUT2D eigenvalue weighted by Gasteiger charge is -2.07. The molecule has 9 heavy (non-hydrogen) atoms. The Bertz CT molecular complexity index is 106. The van der Waals surface area contributed by atoms with Gasteiger partial charge in [0.05, 0.1) is 6.07 Å². The number of hydrogen-bond donors (Lipinski definition) is 1. The molecule has 2 unspecified atom stereocenters. The van der Waals surface area contributed by atoms with E-state index in [1.165, 1.54) is 0 Å². The van der Waals surface area contributed by atoms with E-state index in [1.54, 1.807) is 6.07 Å². The van der Waals surface area contributed by atoms with E-state index >= 15 is 0 Å². The Morgan fingerprint density at radius 3 is 2.56 bits per heavy atom. The topological polar surface area (TPSA) is 44.0 Å². The Morgan fingerprint density at radius 2 is 2.22 bits per heavy atom. The van der Waals surface area contributed by atoms with Crippen molar-refractivity contribution in [3.8, 4) is 6.07 Å². The zero-order valence-electron chi connectivity index (χ0n) is 5.96. The van der Waals surface area contributed by atoms with Gasteiger partial charge in [-0.1, -0.05) is 20.3 Å². The monoisotopic (exact) mass is 127 g/mol. The van der Waals surface area contributed by atoms with Crippen molar-refractivity contribution < 1.29 is 5.11 Å². The molecule has 0 radical (unpaired) electrons. The highest BCUT2D eigenvalue weighted by Gasteiger charge is 2.05. The second-order valence-electron chi connectivity index (χ2n) is 2.39. The second-order valence-corrected chi connectivity index (χ2v) is 2.39. The first-order valence-electron chi connectivity index (χ1n) is 3.28. The van der Waals surface area contributed by atoms with Gasteiger partial charge in [0.1, 0.15) is 6.10 Å². The lowest BCUT2D eigenvalue weighted by molar-refractivity contribution is 0.196. The van der Waals surface area contributed by atoms with Gasteiger partial charge in [-0.15, -0.1) is 0 Å². The molecule has 0 rings (SSSR count). The summed E-state index contributed by atoms with van der Waals surface area (Å²) in [7, 11) is 0. The first-order chi connectivity index (χ1) is 4.20. The SMILES string of the molecule is CCC(C)CC(O)C#N. The van der Waals surface area contributed by atoms with Crippen LogP contribution in [0.1, 0.15) is 26.7 Å². The van der Waals surface area contributed by atoms with E-state index in [1.807, 2.05) is 6.92 Å². The number of nitrogens with zero attached hydrogens (tertiary/aromatic N) is 1. The minimum Gasteiger partial charge on any atom is -0.378 e. The zero-order valence-corrected chi connectivity index (χ0v) is 5.96. The van der Waals surface area contributed by atoms with Crippen LogP contribution in [0.15, 0.2) is 0 Å². The maximum absolute atomic E-state index is 8.80. The van der Waals surface area contributed by atoms with E-state index in [4.69, 9.17) is 10.4 Å². The average Bonchev–Trinajstić information content (AvgIpc) is 1.87. The summed E-state index contributed by atoms with van der Waals surface area (Å²) in [6.07, 6.45) is 0.867. The molecule has 0 aromatic heterocycles. The molecule has 0 aromatic carbocycles. The molecule has 2 atom stereocenters. The van der Waals surface area contributed by atoms with Gasteiger partial charge < -0.3 is 5.11 Å². The van der Waals surface area contributed by atoms with Crippen LogP contribution >= 0.6 is 0 Å². The zero-order chi connectivity index (χ0) is 7.28. The standard InChI is InChI=1S/C7H13NO/c1-3-6(2)4-7(9)5-8/h6-7,9H,3-4H2,1-2H3. The summed E-state index contributed by atoms with van der Waals surface area (Å²) < 4.78 is 0. The van der Waals surface area contributed by atoms with Crippen molar-refractivity contribution in [1.29, 1.82) is 5.26 Å². The molecule has 0 heterocycles. The van der Waals surface area contributed by atoms with Crippen molar-refractivity contribution in [3.05, 3.63) is 0 Å². The summed E-state index contributed by atoms with van der Waals surface area (Å²) in [4.78, 5) is 0. The normalized spacial score (nSPS) is 16.2. The molecule has 0 saturated carbocycles. The Balaban J connectivity index is 3.37. The summed E-state index contributed by atoms with van der Waals surface area (Å²) in [5.41, 5.74) is 0. The lowest BCUT2D eigenvalue weighted by Crippen LogP contribution is -2.07. The van der Waals surface area contributed by atoms with Crippen molar-refractivity contribution in [1.82, 2.24) is 0 Å². The van der Waals surface area contributed by atoms with Crippen LogP contribution < -0.4 is 0 Å². The van der Waals surface area contributed by atoms with E-state index in [-0.39, 0.29) is 0 Å². The third-order valence-corrected chi connectivity index (χ3v) is 1.47. The Hall–Kier alpha value is -0.550. The molecular weight excluding hydrogens is 114 g/mol. The van der Waals surface area contributed by atoms with Crippen LogP contribution in [0.3, 0.4) is 0 Å². The van der Waals surface area contributed by atoms with Crippen molar-refractivity contribution in [2.45, 2.75) is 32.8 Å². The summed E-state index contributed by atoms with van der Waals surface area (Å²) in [5.74, 6) is 0.458. The van der Waals surface area contributed by atoms with Crippen LogP contribution in [-0.4, -0.2) is 11.2 Å². The van der Waals surface area contributed by atoms with Crippen molar-refractivity contribution in [2.75, 3.05) is 0 Å². The number of hydrogen-bond acceptors (Lipinski definition) is 2. The quantitative estimate of drug-likeness (QED) is 0.581. The first kappa shape index (κ1) is 8.45. The molecule has 0 fully saturated rings. The van der Waals surface area contributed by atoms with Crippen LogP contribution in [0.2, 0.25) is 0 Å². The fourth-order valence-electron chi connectivity index (χ4n) is 0.601. The van der Waals surface area contributed by atoms with Crippen LogP contribution in [-0.2, 0) is 0 Å². The van der Waals surface area contributed by atoms with E-state index in [0.717, 1.165) is 6.42 Å². The first-order valence-corrected chi connectivity index (χ1v) is 3.28. The molecular formula is C7H13NO. The molecule has 0 spiro atoms. The summed E-state index contributed by atoms with van der Waals surface area (Å²) >= 11 is 0. The highest BCUT2D eigenvalue weighted by Crippen LogP contribution is 2.08. The minimum absolute atomic E-state index is 0.458. The van der Waals surface area contributed by atoms with Gasteiger partial charge in [-0.3, -0.25) is 0 Å². The van der Waals surface area contributed by atoms with Crippen LogP contribution in [0, 0.1) is 17.2 Å². The fraction of sp³-hybridized carbons (Fsp3) is 0.857. The molecule has 1 N–H and O–H groups in total. The van der Waals surface area contributed by atoms with E-state index in [9.17, 15) is 0 Å². The Labute approximate surface area is 56.1 Å². The highest BCUT2D eigenvalue weighted by atomic mass is 16.3. The third-order valence-electron chi connectivity index (χ3n) is 1.47. The molecule has 0 aliphatic rings. The van der Waals surface area contributed by atoms with Gasteiger partial charge in [0.15, 0.2) is 0 Å². The van der Waals surface area contributed by atoms with Gasteiger partial charge >= 0.3 is 0 Å². The van der Waals surface area contributed by atoms with Gasteiger partial charge in [0, 0.05) is 0 Å². The Morgan fingerprint density at radius 1 is 1.67 bits per heavy atom. The third kappa shape index (κ3) is 3.99. The molecule has 0 saturated heterocycles. The fourth-order valence-corrected chi connectivity index (χ4v) is 0.601. The molecule has 0 bridgehead atoms. The van der Waals surface area contributed by atoms with Crippen LogP contribution in [0.4, 0.5) is 0 Å².